The number of aromatic nitrogens is 3. The highest BCUT2D eigenvalue weighted by atomic mass is 19.1. The first-order valence-corrected chi connectivity index (χ1v) is 6.32. The van der Waals surface area contributed by atoms with Crippen molar-refractivity contribution in [3.05, 3.63) is 30.2 Å². The SMILES string of the molecule is CC(C)NCCCc1nnc(-c2cncc(F)c2)o1. The van der Waals surface area contributed by atoms with Crippen molar-refractivity contribution >= 4 is 0 Å². The molecule has 0 aliphatic heterocycles. The number of pyridine rings is 1. The molecule has 2 heterocycles. The summed E-state index contributed by atoms with van der Waals surface area (Å²) in [7, 11) is 0. The van der Waals surface area contributed by atoms with Gasteiger partial charge in [0.25, 0.3) is 0 Å². The van der Waals surface area contributed by atoms with Crippen LogP contribution in [0.15, 0.2) is 22.9 Å². The molecular weight excluding hydrogens is 247 g/mol. The van der Waals surface area contributed by atoms with E-state index in [1.165, 1.54) is 12.3 Å². The maximum atomic E-state index is 13.0. The number of hydrogen-bond acceptors (Lipinski definition) is 5. The van der Waals surface area contributed by atoms with Gasteiger partial charge in [0.15, 0.2) is 0 Å². The zero-order chi connectivity index (χ0) is 13.7. The zero-order valence-electron chi connectivity index (χ0n) is 11.1. The van der Waals surface area contributed by atoms with Crippen molar-refractivity contribution in [2.24, 2.45) is 0 Å². The molecule has 0 saturated carbocycles. The lowest BCUT2D eigenvalue weighted by atomic mass is 10.3. The molecule has 0 saturated heterocycles. The Morgan fingerprint density at radius 3 is 2.89 bits per heavy atom. The fourth-order valence-electron chi connectivity index (χ4n) is 1.63. The van der Waals surface area contributed by atoms with E-state index >= 15 is 0 Å². The maximum absolute atomic E-state index is 13.0. The molecule has 0 radical (unpaired) electrons. The number of nitrogens with zero attached hydrogens (tertiary/aromatic N) is 3. The smallest absolute Gasteiger partial charge is 0.249 e. The Morgan fingerprint density at radius 2 is 2.16 bits per heavy atom. The maximum Gasteiger partial charge on any atom is 0.249 e. The van der Waals surface area contributed by atoms with E-state index in [-0.39, 0.29) is 0 Å². The Morgan fingerprint density at radius 1 is 1.32 bits per heavy atom. The third-order valence-corrected chi connectivity index (χ3v) is 2.54. The van der Waals surface area contributed by atoms with E-state index in [1.54, 1.807) is 0 Å². The molecule has 19 heavy (non-hydrogen) atoms. The Bertz CT molecular complexity index is 527. The number of rotatable bonds is 6. The first kappa shape index (κ1) is 13.6. The summed E-state index contributed by atoms with van der Waals surface area (Å²) in [6.07, 6.45) is 4.26. The Labute approximate surface area is 111 Å². The van der Waals surface area contributed by atoms with Crippen LogP contribution >= 0.6 is 0 Å². The lowest BCUT2D eigenvalue weighted by Gasteiger charge is -2.05. The largest absolute Gasteiger partial charge is 0.421 e. The van der Waals surface area contributed by atoms with E-state index in [0.717, 1.165) is 19.2 Å². The highest BCUT2D eigenvalue weighted by molar-refractivity contribution is 5.50. The van der Waals surface area contributed by atoms with E-state index in [4.69, 9.17) is 4.42 Å². The highest BCUT2D eigenvalue weighted by Gasteiger charge is 2.09. The summed E-state index contributed by atoms with van der Waals surface area (Å²) in [5.41, 5.74) is 0.499. The molecule has 0 amide bonds. The molecule has 0 bridgehead atoms. The summed E-state index contributed by atoms with van der Waals surface area (Å²) >= 11 is 0. The van der Waals surface area contributed by atoms with Crippen LogP contribution in [0.5, 0.6) is 0 Å². The topological polar surface area (TPSA) is 63.8 Å². The molecule has 2 aromatic heterocycles. The minimum atomic E-state index is -0.418. The van der Waals surface area contributed by atoms with Gasteiger partial charge in [-0.25, -0.2) is 4.39 Å². The van der Waals surface area contributed by atoms with Crippen LogP contribution in [0.25, 0.3) is 11.5 Å². The average molecular weight is 264 g/mol. The van der Waals surface area contributed by atoms with Gasteiger partial charge >= 0.3 is 0 Å². The van der Waals surface area contributed by atoms with Gasteiger partial charge in [0.1, 0.15) is 5.82 Å². The van der Waals surface area contributed by atoms with E-state index in [0.29, 0.717) is 29.8 Å². The third-order valence-electron chi connectivity index (χ3n) is 2.54. The minimum absolute atomic E-state index is 0.304. The molecule has 102 valence electrons. The van der Waals surface area contributed by atoms with Crippen LogP contribution in [-0.2, 0) is 6.42 Å². The normalized spacial score (nSPS) is 11.2. The second-order valence-electron chi connectivity index (χ2n) is 4.61. The van der Waals surface area contributed by atoms with Crippen LogP contribution in [0, 0.1) is 5.82 Å². The van der Waals surface area contributed by atoms with E-state index in [9.17, 15) is 4.39 Å². The van der Waals surface area contributed by atoms with Crippen LogP contribution in [0.4, 0.5) is 4.39 Å². The molecule has 0 aliphatic carbocycles. The van der Waals surface area contributed by atoms with E-state index in [2.05, 4.69) is 34.3 Å². The van der Waals surface area contributed by atoms with Crippen molar-refractivity contribution in [1.82, 2.24) is 20.5 Å². The fourth-order valence-corrected chi connectivity index (χ4v) is 1.63. The van der Waals surface area contributed by atoms with Crippen LogP contribution in [0.3, 0.4) is 0 Å². The van der Waals surface area contributed by atoms with Gasteiger partial charge in [-0.2, -0.15) is 0 Å². The number of halogens is 1. The molecule has 1 N–H and O–H groups in total. The highest BCUT2D eigenvalue weighted by Crippen LogP contribution is 2.17. The molecule has 0 fully saturated rings. The Balaban J connectivity index is 1.92. The number of hydrogen-bond donors (Lipinski definition) is 1. The van der Waals surface area contributed by atoms with E-state index in [1.807, 2.05) is 0 Å². The molecular formula is C13H17FN4O. The van der Waals surface area contributed by atoms with Crippen molar-refractivity contribution in [2.75, 3.05) is 6.54 Å². The summed E-state index contributed by atoms with van der Waals surface area (Å²) in [5, 5.41) is 11.2. The van der Waals surface area contributed by atoms with Gasteiger partial charge in [-0.15, -0.1) is 10.2 Å². The number of nitrogens with one attached hydrogen (secondary N) is 1. The van der Waals surface area contributed by atoms with Crippen LogP contribution in [0.2, 0.25) is 0 Å². The van der Waals surface area contributed by atoms with Crippen LogP contribution < -0.4 is 5.32 Å². The Kier molecular flexibility index (Phi) is 4.57. The van der Waals surface area contributed by atoms with Gasteiger partial charge in [0.2, 0.25) is 11.8 Å². The third kappa shape index (κ3) is 4.10. The first-order chi connectivity index (χ1) is 9.15. The zero-order valence-corrected chi connectivity index (χ0v) is 11.1. The molecule has 0 unspecified atom stereocenters. The standard InChI is InChI=1S/C13H17FN4O/c1-9(2)16-5-3-4-12-17-18-13(19-12)10-6-11(14)8-15-7-10/h6-9,16H,3-5H2,1-2H3. The van der Waals surface area contributed by atoms with Crippen molar-refractivity contribution < 1.29 is 8.81 Å². The molecule has 5 nitrogen and oxygen atoms in total. The molecule has 0 spiro atoms. The molecule has 6 heteroatoms. The fraction of sp³-hybridized carbons (Fsp3) is 0.462. The summed E-state index contributed by atoms with van der Waals surface area (Å²) in [6, 6.07) is 1.79. The molecule has 2 aromatic rings. The Hall–Kier alpha value is -1.82. The van der Waals surface area contributed by atoms with E-state index < -0.39 is 5.82 Å². The average Bonchev–Trinajstić information content (AvgIpc) is 2.83. The first-order valence-electron chi connectivity index (χ1n) is 6.32. The second kappa shape index (κ2) is 6.38. The second-order valence-corrected chi connectivity index (χ2v) is 4.61. The van der Waals surface area contributed by atoms with Gasteiger partial charge in [0, 0.05) is 18.7 Å². The van der Waals surface area contributed by atoms with Crippen molar-refractivity contribution in [3.8, 4) is 11.5 Å². The molecule has 0 aromatic carbocycles. The predicted molar refractivity (Wildman–Crippen MR) is 68.9 cm³/mol. The monoisotopic (exact) mass is 264 g/mol. The minimum Gasteiger partial charge on any atom is -0.421 e. The van der Waals surface area contributed by atoms with Gasteiger partial charge in [0.05, 0.1) is 11.8 Å². The van der Waals surface area contributed by atoms with Crippen LogP contribution in [0.1, 0.15) is 26.2 Å². The molecule has 2 rings (SSSR count). The molecule has 0 atom stereocenters. The van der Waals surface area contributed by atoms with Crippen molar-refractivity contribution in [1.29, 1.82) is 0 Å². The van der Waals surface area contributed by atoms with Gasteiger partial charge in [-0.05, 0) is 19.0 Å². The summed E-state index contributed by atoms with van der Waals surface area (Å²) in [6.45, 7) is 5.10. The quantitative estimate of drug-likeness (QED) is 0.810. The number of aryl methyl sites for hydroxylation is 1. The lowest BCUT2D eigenvalue weighted by molar-refractivity contribution is 0.483. The summed E-state index contributed by atoms with van der Waals surface area (Å²) < 4.78 is 18.5. The lowest BCUT2D eigenvalue weighted by Crippen LogP contribution is -2.23. The van der Waals surface area contributed by atoms with Crippen molar-refractivity contribution in [2.45, 2.75) is 32.7 Å². The van der Waals surface area contributed by atoms with Crippen LogP contribution in [-0.4, -0.2) is 27.8 Å². The summed E-state index contributed by atoms with van der Waals surface area (Å²) in [4.78, 5) is 3.75. The summed E-state index contributed by atoms with van der Waals surface area (Å²) in [5.74, 6) is 0.446. The predicted octanol–water partition coefficient (Wildman–Crippen LogP) is 2.20. The van der Waals surface area contributed by atoms with Gasteiger partial charge in [-0.1, -0.05) is 13.8 Å². The van der Waals surface area contributed by atoms with Gasteiger partial charge in [-0.3, -0.25) is 4.98 Å². The van der Waals surface area contributed by atoms with Gasteiger partial charge < -0.3 is 9.73 Å². The van der Waals surface area contributed by atoms with Crippen molar-refractivity contribution in [3.63, 3.8) is 0 Å². The molecule has 0 aliphatic rings.